The number of para-hydroxylation sites is 1. The molecule has 11 heteroatoms. The lowest BCUT2D eigenvalue weighted by Gasteiger charge is -2.17. The van der Waals surface area contributed by atoms with E-state index in [2.05, 4.69) is 0 Å². The van der Waals surface area contributed by atoms with Crippen molar-refractivity contribution in [2.75, 3.05) is 0 Å². The maximum absolute atomic E-state index is 14.6. The number of fused-ring (bicyclic) bond motifs is 3. The normalized spacial score (nSPS) is 11.9. The van der Waals surface area contributed by atoms with Gasteiger partial charge in [-0.3, -0.25) is 0 Å². The van der Waals surface area contributed by atoms with Crippen molar-refractivity contribution in [3.05, 3.63) is 223 Å². The first kappa shape index (κ1) is 42.9. The number of aromatic nitrogens is 5. The minimum atomic E-state index is -5.06. The van der Waals surface area contributed by atoms with Gasteiger partial charge in [-0.1, -0.05) is 152 Å². The number of benzene rings is 8. The van der Waals surface area contributed by atoms with E-state index < -0.39 is 23.5 Å². The van der Waals surface area contributed by atoms with Gasteiger partial charge in [-0.05, 0) is 71.8 Å². The summed E-state index contributed by atoms with van der Waals surface area (Å²) < 4.78 is 86.8. The molecule has 0 aliphatic rings. The fourth-order valence-corrected chi connectivity index (χ4v) is 8.83. The van der Waals surface area contributed by atoms with Crippen molar-refractivity contribution in [3.63, 3.8) is 0 Å². The minimum Gasteiger partial charge on any atom is -0.309 e. The lowest BCUT2D eigenvalue weighted by atomic mass is 9.95. The monoisotopic (exact) mass is 915 g/mol. The summed E-state index contributed by atoms with van der Waals surface area (Å²) in [6, 6.07) is 63.2. The predicted octanol–water partition coefficient (Wildman–Crippen LogP) is 16.1. The second-order valence-electron chi connectivity index (χ2n) is 16.5. The van der Waals surface area contributed by atoms with E-state index in [1.54, 1.807) is 12.1 Å². The number of rotatable bonds is 8. The summed E-state index contributed by atoms with van der Waals surface area (Å²) in [5, 5.41) is 1.29. The van der Waals surface area contributed by atoms with Gasteiger partial charge in [-0.15, -0.1) is 0 Å². The molecule has 0 atom stereocenters. The van der Waals surface area contributed by atoms with Gasteiger partial charge in [-0.25, -0.2) is 19.9 Å². The molecule has 0 N–H and O–H groups in total. The van der Waals surface area contributed by atoms with Crippen molar-refractivity contribution >= 4 is 21.8 Å². The molecule has 0 fully saturated rings. The van der Waals surface area contributed by atoms with Gasteiger partial charge >= 0.3 is 12.4 Å². The standard InChI is InChI=1S/C58H35F6N5/c59-57(60,61)42-27-28-43(47(33-42)58(62,63)64)40-25-29-53-45(31-40)44-23-13-14-24-52(44)69(53)54-30-26-41(55-65-48(36-15-5-1-6-16-36)34-49(66-55)37-17-7-2-8-18-37)32-46(54)56-67-50(38-19-9-3-10-20-38)35-51(68-56)39-21-11-4-12-22-39/h1-35H. The molecule has 0 aliphatic heterocycles. The second-order valence-corrected chi connectivity index (χ2v) is 16.5. The predicted molar refractivity (Wildman–Crippen MR) is 260 cm³/mol. The van der Waals surface area contributed by atoms with Crippen LogP contribution >= 0.6 is 0 Å². The first-order valence-corrected chi connectivity index (χ1v) is 21.9. The molecule has 0 radical (unpaired) electrons. The van der Waals surface area contributed by atoms with E-state index in [1.165, 1.54) is 6.07 Å². The fraction of sp³-hybridized carbons (Fsp3) is 0.0345. The lowest BCUT2D eigenvalue weighted by molar-refractivity contribution is -0.142. The van der Waals surface area contributed by atoms with E-state index in [0.29, 0.717) is 62.2 Å². The summed E-state index contributed by atoms with van der Waals surface area (Å²) in [5.74, 6) is 0.839. The highest BCUT2D eigenvalue weighted by Gasteiger charge is 2.38. The van der Waals surface area contributed by atoms with Crippen LogP contribution in [0.15, 0.2) is 212 Å². The number of halogens is 6. The summed E-state index contributed by atoms with van der Waals surface area (Å²) in [6.07, 6.45) is -10.0. The van der Waals surface area contributed by atoms with Gasteiger partial charge in [0.05, 0.1) is 50.6 Å². The van der Waals surface area contributed by atoms with Crippen LogP contribution in [0.2, 0.25) is 0 Å². The zero-order chi connectivity index (χ0) is 47.3. The Bertz CT molecular complexity index is 3570. The Labute approximate surface area is 391 Å². The van der Waals surface area contributed by atoms with Crippen LogP contribution in [-0.4, -0.2) is 24.5 Å². The maximum atomic E-state index is 14.6. The van der Waals surface area contributed by atoms with Gasteiger partial charge in [0.2, 0.25) is 0 Å². The number of hydrogen-bond donors (Lipinski definition) is 0. The number of alkyl halides is 6. The van der Waals surface area contributed by atoms with Crippen LogP contribution < -0.4 is 0 Å². The fourth-order valence-electron chi connectivity index (χ4n) is 8.83. The van der Waals surface area contributed by atoms with Gasteiger partial charge in [-0.2, -0.15) is 26.3 Å². The average molecular weight is 916 g/mol. The summed E-state index contributed by atoms with van der Waals surface area (Å²) >= 11 is 0. The highest BCUT2D eigenvalue weighted by molar-refractivity contribution is 6.11. The Morgan fingerprint density at radius 3 is 1.29 bits per heavy atom. The highest BCUT2D eigenvalue weighted by atomic mass is 19.4. The topological polar surface area (TPSA) is 56.5 Å². The van der Waals surface area contributed by atoms with E-state index in [-0.39, 0.29) is 17.2 Å². The smallest absolute Gasteiger partial charge is 0.309 e. The van der Waals surface area contributed by atoms with Crippen LogP contribution in [0.3, 0.4) is 0 Å². The van der Waals surface area contributed by atoms with Gasteiger partial charge in [0.15, 0.2) is 11.6 Å². The van der Waals surface area contributed by atoms with E-state index >= 15 is 0 Å². The molecule has 0 saturated heterocycles. The molecular weight excluding hydrogens is 881 g/mol. The molecule has 5 nitrogen and oxygen atoms in total. The SMILES string of the molecule is FC(F)(F)c1ccc(-c2ccc3c(c2)c2ccccc2n3-c2ccc(-c3nc(-c4ccccc4)cc(-c4ccccc4)n3)cc2-c2nc(-c3ccccc3)cc(-c3ccccc3)n2)c(C(F)(F)F)c1. The van der Waals surface area contributed by atoms with Crippen molar-refractivity contribution in [1.29, 1.82) is 0 Å². The number of hydrogen-bond acceptors (Lipinski definition) is 4. The third-order valence-corrected chi connectivity index (χ3v) is 12.1. The van der Waals surface area contributed by atoms with Crippen LogP contribution in [0.1, 0.15) is 11.1 Å². The van der Waals surface area contributed by atoms with Gasteiger partial charge in [0.25, 0.3) is 0 Å². The molecule has 0 bridgehead atoms. The lowest BCUT2D eigenvalue weighted by Crippen LogP contribution is -2.12. The minimum absolute atomic E-state index is 0.109. The highest BCUT2D eigenvalue weighted by Crippen LogP contribution is 2.44. The molecule has 11 rings (SSSR count). The summed E-state index contributed by atoms with van der Waals surface area (Å²) in [6.45, 7) is 0. The van der Waals surface area contributed by atoms with Crippen LogP contribution in [0.25, 0.3) is 106 Å². The molecule has 69 heavy (non-hydrogen) atoms. The molecule has 8 aromatic carbocycles. The molecule has 334 valence electrons. The first-order valence-electron chi connectivity index (χ1n) is 21.9. The van der Waals surface area contributed by atoms with Crippen LogP contribution in [-0.2, 0) is 12.4 Å². The summed E-state index contributed by atoms with van der Waals surface area (Å²) in [7, 11) is 0. The van der Waals surface area contributed by atoms with Crippen LogP contribution in [0.4, 0.5) is 26.3 Å². The molecule has 0 amide bonds. The van der Waals surface area contributed by atoms with Crippen molar-refractivity contribution in [2.24, 2.45) is 0 Å². The Hall–Kier alpha value is -8.70. The zero-order valence-corrected chi connectivity index (χ0v) is 36.2. The van der Waals surface area contributed by atoms with E-state index in [0.717, 1.165) is 45.2 Å². The van der Waals surface area contributed by atoms with Crippen molar-refractivity contribution in [1.82, 2.24) is 24.5 Å². The Kier molecular flexibility index (Phi) is 10.7. The molecular formula is C58H35F6N5. The Balaban J connectivity index is 1.18. The third-order valence-electron chi connectivity index (χ3n) is 12.1. The molecule has 3 aromatic heterocycles. The molecule has 0 unspecified atom stereocenters. The average Bonchev–Trinajstić information content (AvgIpc) is 3.72. The van der Waals surface area contributed by atoms with Gasteiger partial charge < -0.3 is 4.57 Å². The van der Waals surface area contributed by atoms with E-state index in [9.17, 15) is 26.3 Å². The Morgan fingerprint density at radius 2 is 0.783 bits per heavy atom. The van der Waals surface area contributed by atoms with E-state index in [1.807, 2.05) is 180 Å². The maximum Gasteiger partial charge on any atom is 0.417 e. The first-order chi connectivity index (χ1) is 33.5. The van der Waals surface area contributed by atoms with Crippen molar-refractivity contribution in [3.8, 4) is 84.6 Å². The molecule has 3 heterocycles. The molecule has 0 aliphatic carbocycles. The number of nitrogens with zero attached hydrogens (tertiary/aromatic N) is 5. The molecule has 11 aromatic rings. The quantitative estimate of drug-likeness (QED) is 0.143. The van der Waals surface area contributed by atoms with E-state index in [4.69, 9.17) is 19.9 Å². The third kappa shape index (κ3) is 8.28. The molecule has 0 saturated carbocycles. The summed E-state index contributed by atoms with van der Waals surface area (Å²) in [5.41, 5.74) is 6.60. The van der Waals surface area contributed by atoms with Crippen molar-refractivity contribution < 1.29 is 26.3 Å². The summed E-state index contributed by atoms with van der Waals surface area (Å²) in [4.78, 5) is 20.8. The van der Waals surface area contributed by atoms with Crippen LogP contribution in [0, 0.1) is 0 Å². The van der Waals surface area contributed by atoms with Crippen molar-refractivity contribution in [2.45, 2.75) is 12.4 Å². The zero-order valence-electron chi connectivity index (χ0n) is 36.2. The second kappa shape index (κ2) is 17.2. The largest absolute Gasteiger partial charge is 0.417 e. The molecule has 0 spiro atoms. The van der Waals surface area contributed by atoms with Crippen LogP contribution in [0.5, 0.6) is 0 Å². The Morgan fingerprint density at radius 1 is 0.319 bits per heavy atom. The van der Waals surface area contributed by atoms with Gasteiger partial charge in [0.1, 0.15) is 0 Å². The van der Waals surface area contributed by atoms with Gasteiger partial charge in [0, 0.05) is 44.2 Å².